The molecule has 9 aromatic carbocycles. The Hall–Kier alpha value is -8.41. The lowest BCUT2D eigenvalue weighted by atomic mass is 9.89. The molecule has 3 aromatic heterocycles. The van der Waals surface area contributed by atoms with Gasteiger partial charge in [-0.05, 0) is 101 Å². The van der Waals surface area contributed by atoms with Gasteiger partial charge in [-0.15, -0.1) is 0 Å². The van der Waals surface area contributed by atoms with Gasteiger partial charge in [-0.3, -0.25) is 0 Å². The summed E-state index contributed by atoms with van der Waals surface area (Å²) in [5.41, 5.74) is 17.2. The Morgan fingerprint density at radius 2 is 0.672 bits per heavy atom. The molecule has 0 radical (unpaired) electrons. The van der Waals surface area contributed by atoms with Crippen LogP contribution in [0.4, 0.5) is 0 Å². The molecule has 0 fully saturated rings. The molecule has 0 N–H and O–H groups in total. The van der Waals surface area contributed by atoms with E-state index in [1.54, 1.807) is 0 Å². The van der Waals surface area contributed by atoms with Crippen molar-refractivity contribution in [1.29, 1.82) is 0 Å². The zero-order valence-corrected chi connectivity index (χ0v) is 34.9. The van der Waals surface area contributed by atoms with Crippen molar-refractivity contribution in [2.24, 2.45) is 0 Å². The number of aryl methyl sites for hydroxylation is 2. The Bertz CT molecular complexity index is 3590. The van der Waals surface area contributed by atoms with E-state index in [1.165, 1.54) is 60.3 Å². The Morgan fingerprint density at radius 1 is 0.281 bits per heavy atom. The van der Waals surface area contributed by atoms with Crippen LogP contribution >= 0.6 is 0 Å². The van der Waals surface area contributed by atoms with Crippen molar-refractivity contribution in [3.63, 3.8) is 0 Å². The van der Waals surface area contributed by atoms with Crippen LogP contribution in [0.2, 0.25) is 0 Å². The minimum absolute atomic E-state index is 0.653. The highest BCUT2D eigenvalue weighted by Gasteiger charge is 2.26. The lowest BCUT2D eigenvalue weighted by Crippen LogP contribution is -2.03. The molecule has 13 rings (SSSR count). The summed E-state index contributed by atoms with van der Waals surface area (Å²) in [7, 11) is 0. The fourth-order valence-corrected chi connectivity index (χ4v) is 10.1. The summed E-state index contributed by atoms with van der Waals surface area (Å²) in [6.45, 7) is 0. The summed E-state index contributed by atoms with van der Waals surface area (Å²) in [6.07, 6.45) is 1.81. The zero-order chi connectivity index (χ0) is 42.1. The van der Waals surface area contributed by atoms with Gasteiger partial charge in [0.2, 0.25) is 0 Å². The van der Waals surface area contributed by atoms with Crippen molar-refractivity contribution >= 4 is 43.6 Å². The van der Waals surface area contributed by atoms with Crippen molar-refractivity contribution < 1.29 is 0 Å². The number of rotatable bonds is 7. The van der Waals surface area contributed by atoms with Crippen LogP contribution in [0.15, 0.2) is 212 Å². The quantitative estimate of drug-likeness (QED) is 0.161. The highest BCUT2D eigenvalue weighted by molar-refractivity contribution is 6.16. The topological polar surface area (TPSA) is 48.5 Å². The van der Waals surface area contributed by atoms with Gasteiger partial charge >= 0.3 is 0 Å². The summed E-state index contributed by atoms with van der Waals surface area (Å²) in [5, 5.41) is 5.11. The summed E-state index contributed by atoms with van der Waals surface area (Å²) in [4.78, 5) is 15.5. The van der Waals surface area contributed by atoms with Gasteiger partial charge in [0.05, 0.1) is 22.1 Å². The minimum atomic E-state index is 0.653. The molecule has 1 aliphatic carbocycles. The molecular weight excluding hydrogens is 779 g/mol. The highest BCUT2D eigenvalue weighted by Crippen LogP contribution is 2.45. The molecule has 12 aromatic rings. The Balaban J connectivity index is 1.14. The maximum Gasteiger partial charge on any atom is 0.164 e. The molecule has 5 heteroatoms. The van der Waals surface area contributed by atoms with Gasteiger partial charge in [0, 0.05) is 49.6 Å². The molecule has 0 bridgehead atoms. The van der Waals surface area contributed by atoms with Crippen LogP contribution in [0, 0.1) is 0 Å². The summed E-state index contributed by atoms with van der Waals surface area (Å²) < 4.78 is 4.97. The third-order valence-corrected chi connectivity index (χ3v) is 13.0. The molecule has 64 heavy (non-hydrogen) atoms. The molecule has 5 nitrogen and oxygen atoms in total. The second-order valence-corrected chi connectivity index (χ2v) is 16.8. The van der Waals surface area contributed by atoms with Crippen LogP contribution < -0.4 is 0 Å². The first-order valence-electron chi connectivity index (χ1n) is 22.0. The average Bonchev–Trinajstić information content (AvgIpc) is 3.89. The van der Waals surface area contributed by atoms with Gasteiger partial charge < -0.3 is 9.13 Å². The third-order valence-electron chi connectivity index (χ3n) is 13.0. The second-order valence-electron chi connectivity index (χ2n) is 16.8. The number of aromatic nitrogens is 5. The molecule has 0 amide bonds. The molecule has 0 saturated heterocycles. The monoisotopic (exact) mass is 817 g/mol. The van der Waals surface area contributed by atoms with Crippen LogP contribution in [-0.4, -0.2) is 24.1 Å². The first-order chi connectivity index (χ1) is 31.7. The van der Waals surface area contributed by atoms with E-state index in [-0.39, 0.29) is 0 Å². The summed E-state index contributed by atoms with van der Waals surface area (Å²) >= 11 is 0. The number of nitrogens with zero attached hydrogens (tertiary/aromatic N) is 5. The SMILES string of the molecule is c1ccc(-c2cc(-c3ccccc3)cc(-n3c4cc(-c5nc(-c6ccccc6)nc(-c6ccccc6)n5)cc5c4c4c(cc(-n6c7ccccc7c7ccccc76)cc43)CC5)c2)cc1. The smallest absolute Gasteiger partial charge is 0.164 e. The lowest BCUT2D eigenvalue weighted by molar-refractivity contribution is 0.965. The van der Waals surface area contributed by atoms with E-state index in [1.807, 2.05) is 36.4 Å². The maximum absolute atomic E-state index is 5.23. The molecule has 1 aliphatic rings. The first-order valence-corrected chi connectivity index (χ1v) is 22.0. The van der Waals surface area contributed by atoms with E-state index >= 15 is 0 Å². The number of para-hydroxylation sites is 2. The summed E-state index contributed by atoms with van der Waals surface area (Å²) in [6, 6.07) is 76.1. The normalized spacial score (nSPS) is 12.2. The van der Waals surface area contributed by atoms with E-state index in [2.05, 4.69) is 185 Å². The van der Waals surface area contributed by atoms with Gasteiger partial charge in [0.1, 0.15) is 0 Å². The van der Waals surface area contributed by atoms with Gasteiger partial charge in [-0.2, -0.15) is 0 Å². The van der Waals surface area contributed by atoms with Crippen molar-refractivity contribution in [2.45, 2.75) is 12.8 Å². The van der Waals surface area contributed by atoms with Gasteiger partial charge in [0.25, 0.3) is 0 Å². The molecular formula is C59H39N5. The molecule has 0 saturated carbocycles. The van der Waals surface area contributed by atoms with Crippen LogP contribution in [0.5, 0.6) is 0 Å². The van der Waals surface area contributed by atoms with Crippen molar-refractivity contribution in [3.05, 3.63) is 223 Å². The van der Waals surface area contributed by atoms with Crippen LogP contribution in [0.3, 0.4) is 0 Å². The Kier molecular flexibility index (Phi) is 8.28. The van der Waals surface area contributed by atoms with E-state index in [9.17, 15) is 0 Å². The van der Waals surface area contributed by atoms with Gasteiger partial charge in [0.15, 0.2) is 17.5 Å². The van der Waals surface area contributed by atoms with Crippen LogP contribution in [-0.2, 0) is 12.8 Å². The fourth-order valence-electron chi connectivity index (χ4n) is 10.1. The van der Waals surface area contributed by atoms with Gasteiger partial charge in [-0.1, -0.05) is 158 Å². The van der Waals surface area contributed by atoms with E-state index in [0.717, 1.165) is 57.6 Å². The molecule has 300 valence electrons. The maximum atomic E-state index is 5.23. The molecule has 0 aliphatic heterocycles. The fraction of sp³-hybridized carbons (Fsp3) is 0.0339. The van der Waals surface area contributed by atoms with Crippen molar-refractivity contribution in [3.8, 4) is 67.8 Å². The largest absolute Gasteiger partial charge is 0.309 e. The standard InChI is InChI=1S/C59H39N5/c1-5-17-38(18-6-1)44-32-45(39-19-7-2-8-20-39)35-47(34-44)64-53-36-46(59-61-57(40-21-9-3-10-22-40)60-58(62-59)41-23-11-4-12-24-41)31-42-29-30-43-33-48(37-54(64)56(43)55(42)53)63-51-27-15-13-25-49(51)50-26-14-16-28-52(50)63/h1-28,31-37H,29-30H2. The Morgan fingerprint density at radius 3 is 1.19 bits per heavy atom. The van der Waals surface area contributed by atoms with Crippen molar-refractivity contribution in [2.75, 3.05) is 0 Å². The number of hydrogen-bond acceptors (Lipinski definition) is 3. The highest BCUT2D eigenvalue weighted by atomic mass is 15.0. The molecule has 3 heterocycles. The van der Waals surface area contributed by atoms with E-state index in [4.69, 9.17) is 15.0 Å². The molecule has 0 spiro atoms. The predicted molar refractivity (Wildman–Crippen MR) is 263 cm³/mol. The van der Waals surface area contributed by atoms with Crippen molar-refractivity contribution in [1.82, 2.24) is 24.1 Å². The van der Waals surface area contributed by atoms with E-state index < -0.39 is 0 Å². The average molecular weight is 818 g/mol. The lowest BCUT2D eigenvalue weighted by Gasteiger charge is -2.17. The molecule has 0 unspecified atom stereocenters. The van der Waals surface area contributed by atoms with Crippen LogP contribution in [0.1, 0.15) is 11.1 Å². The van der Waals surface area contributed by atoms with Gasteiger partial charge in [-0.25, -0.2) is 15.0 Å². The van der Waals surface area contributed by atoms with Crippen LogP contribution in [0.25, 0.3) is 111 Å². The second kappa shape index (κ2) is 14.6. The minimum Gasteiger partial charge on any atom is -0.309 e. The molecule has 0 atom stereocenters. The number of hydrogen-bond donors (Lipinski definition) is 0. The number of fused-ring (bicyclic) bond motifs is 3. The summed E-state index contributed by atoms with van der Waals surface area (Å²) in [5.74, 6) is 1.96. The zero-order valence-electron chi connectivity index (χ0n) is 34.9. The number of benzene rings is 9. The Labute approximate surface area is 370 Å². The predicted octanol–water partition coefficient (Wildman–Crippen LogP) is 14.5. The first kappa shape index (κ1) is 36.3. The third kappa shape index (κ3) is 5.89. The van der Waals surface area contributed by atoms with E-state index in [0.29, 0.717) is 17.5 Å².